The molecule has 0 spiro atoms. The van der Waals surface area contributed by atoms with E-state index in [1.165, 1.54) is 23.9 Å². The standard InChI is InChI=1S/C23H27F3N4O3/c1-22(2,3)33-14-19(31)13-27-17-8-10-18(11-9-17)30-20(28-21(29-30)32-4)15-6-5-7-16(12-15)23(24,25)26/h5-12,19,27,31H,13-14H2,1-4H3. The summed E-state index contributed by atoms with van der Waals surface area (Å²) in [6.45, 7) is 6.24. The molecule has 1 aromatic heterocycles. The minimum absolute atomic E-state index is 0.0339. The lowest BCUT2D eigenvalue weighted by atomic mass is 10.1. The first kappa shape index (κ1) is 24.5. The lowest BCUT2D eigenvalue weighted by Gasteiger charge is -2.22. The number of ether oxygens (including phenoxy) is 2. The second-order valence-corrected chi connectivity index (χ2v) is 8.42. The predicted molar refractivity (Wildman–Crippen MR) is 119 cm³/mol. The van der Waals surface area contributed by atoms with Crippen molar-refractivity contribution in [2.45, 2.75) is 38.7 Å². The van der Waals surface area contributed by atoms with Crippen molar-refractivity contribution < 1.29 is 27.8 Å². The SMILES string of the molecule is COc1nc(-c2cccc(C(F)(F)F)c2)n(-c2ccc(NCC(O)COC(C)(C)C)cc2)n1. The second kappa shape index (κ2) is 9.80. The van der Waals surface area contributed by atoms with Gasteiger partial charge in [0.15, 0.2) is 5.82 Å². The van der Waals surface area contributed by atoms with Gasteiger partial charge in [0.2, 0.25) is 0 Å². The summed E-state index contributed by atoms with van der Waals surface area (Å²) in [5, 5.41) is 17.4. The lowest BCUT2D eigenvalue weighted by Crippen LogP contribution is -2.30. The van der Waals surface area contributed by atoms with E-state index in [0.717, 1.165) is 17.8 Å². The minimum atomic E-state index is -4.47. The van der Waals surface area contributed by atoms with Crippen molar-refractivity contribution in [3.05, 3.63) is 54.1 Å². The van der Waals surface area contributed by atoms with Gasteiger partial charge in [0, 0.05) is 17.8 Å². The minimum Gasteiger partial charge on any atom is -0.466 e. The highest BCUT2D eigenvalue weighted by atomic mass is 19.4. The van der Waals surface area contributed by atoms with Crippen molar-refractivity contribution in [2.75, 3.05) is 25.6 Å². The maximum Gasteiger partial charge on any atom is 0.416 e. The van der Waals surface area contributed by atoms with Crippen LogP contribution in [-0.2, 0) is 10.9 Å². The van der Waals surface area contributed by atoms with Crippen LogP contribution < -0.4 is 10.1 Å². The van der Waals surface area contributed by atoms with E-state index in [0.29, 0.717) is 12.2 Å². The van der Waals surface area contributed by atoms with E-state index < -0.39 is 17.8 Å². The number of aliphatic hydroxyl groups is 1. The van der Waals surface area contributed by atoms with Crippen LogP contribution >= 0.6 is 0 Å². The number of methoxy groups -OCH3 is 1. The molecule has 0 saturated heterocycles. The van der Waals surface area contributed by atoms with Crippen molar-refractivity contribution in [1.29, 1.82) is 0 Å². The van der Waals surface area contributed by atoms with Gasteiger partial charge in [-0.15, -0.1) is 5.10 Å². The Morgan fingerprint density at radius 1 is 1.09 bits per heavy atom. The topological polar surface area (TPSA) is 81.4 Å². The molecule has 0 radical (unpaired) electrons. The summed E-state index contributed by atoms with van der Waals surface area (Å²) in [5.41, 5.74) is 0.479. The number of nitrogens with one attached hydrogen (secondary N) is 1. The summed E-state index contributed by atoms with van der Waals surface area (Å²) in [4.78, 5) is 4.22. The monoisotopic (exact) mass is 464 g/mol. The zero-order valence-corrected chi connectivity index (χ0v) is 18.8. The molecule has 0 fully saturated rings. The van der Waals surface area contributed by atoms with Crippen molar-refractivity contribution in [3.8, 4) is 23.1 Å². The first-order chi connectivity index (χ1) is 15.5. The van der Waals surface area contributed by atoms with E-state index in [-0.39, 0.29) is 29.6 Å². The first-order valence-corrected chi connectivity index (χ1v) is 10.3. The smallest absolute Gasteiger partial charge is 0.416 e. The van der Waals surface area contributed by atoms with Crippen LogP contribution in [0.25, 0.3) is 17.1 Å². The van der Waals surface area contributed by atoms with Gasteiger partial charge in [-0.05, 0) is 57.2 Å². The number of aromatic nitrogens is 3. The van der Waals surface area contributed by atoms with Crippen LogP contribution in [0.1, 0.15) is 26.3 Å². The Labute approximate surface area is 190 Å². The molecule has 1 heterocycles. The molecule has 0 aliphatic carbocycles. The third-order valence-electron chi connectivity index (χ3n) is 4.58. The summed E-state index contributed by atoms with van der Waals surface area (Å²) >= 11 is 0. The van der Waals surface area contributed by atoms with Gasteiger partial charge in [-0.1, -0.05) is 12.1 Å². The van der Waals surface area contributed by atoms with Gasteiger partial charge >= 0.3 is 12.2 Å². The van der Waals surface area contributed by atoms with E-state index in [9.17, 15) is 18.3 Å². The molecule has 3 rings (SSSR count). The number of halogens is 3. The molecule has 0 amide bonds. The Balaban J connectivity index is 1.78. The number of hydrogen-bond acceptors (Lipinski definition) is 6. The van der Waals surface area contributed by atoms with Gasteiger partial charge in [0.25, 0.3) is 0 Å². The fourth-order valence-corrected chi connectivity index (χ4v) is 2.94. The second-order valence-electron chi connectivity index (χ2n) is 8.42. The Bertz CT molecular complexity index is 1060. The first-order valence-electron chi connectivity index (χ1n) is 10.3. The quantitative estimate of drug-likeness (QED) is 0.509. The third kappa shape index (κ3) is 6.69. The lowest BCUT2D eigenvalue weighted by molar-refractivity contribution is -0.137. The van der Waals surface area contributed by atoms with E-state index in [1.807, 2.05) is 20.8 Å². The summed E-state index contributed by atoms with van der Waals surface area (Å²) < 4.78 is 51.6. The van der Waals surface area contributed by atoms with Crippen LogP contribution in [0.4, 0.5) is 18.9 Å². The van der Waals surface area contributed by atoms with E-state index >= 15 is 0 Å². The number of benzene rings is 2. The highest BCUT2D eigenvalue weighted by Gasteiger charge is 2.31. The van der Waals surface area contributed by atoms with Crippen molar-refractivity contribution in [1.82, 2.24) is 14.8 Å². The molecular weight excluding hydrogens is 437 g/mol. The van der Waals surface area contributed by atoms with Gasteiger partial charge in [0.05, 0.1) is 36.7 Å². The number of hydrogen-bond donors (Lipinski definition) is 2. The molecule has 10 heteroatoms. The molecule has 2 N–H and O–H groups in total. The maximum atomic E-state index is 13.2. The molecule has 0 aliphatic heterocycles. The molecule has 1 unspecified atom stereocenters. The normalized spacial score (nSPS) is 13.1. The van der Waals surface area contributed by atoms with E-state index in [4.69, 9.17) is 9.47 Å². The molecular formula is C23H27F3N4O3. The predicted octanol–water partition coefficient (Wildman–Crippen LogP) is 4.55. The Kier molecular flexibility index (Phi) is 7.28. The van der Waals surface area contributed by atoms with Crippen molar-refractivity contribution in [3.63, 3.8) is 0 Å². The van der Waals surface area contributed by atoms with Crippen LogP contribution in [0, 0.1) is 0 Å². The molecule has 0 saturated carbocycles. The van der Waals surface area contributed by atoms with Crippen LogP contribution in [-0.4, -0.2) is 51.8 Å². The molecule has 178 valence electrons. The van der Waals surface area contributed by atoms with Gasteiger partial charge in [-0.25, -0.2) is 4.68 Å². The number of nitrogens with zero attached hydrogens (tertiary/aromatic N) is 3. The highest BCUT2D eigenvalue weighted by Crippen LogP contribution is 2.32. The Morgan fingerprint density at radius 3 is 2.39 bits per heavy atom. The largest absolute Gasteiger partial charge is 0.466 e. The van der Waals surface area contributed by atoms with Gasteiger partial charge in [-0.2, -0.15) is 18.2 Å². The molecule has 33 heavy (non-hydrogen) atoms. The van der Waals surface area contributed by atoms with Gasteiger partial charge < -0.3 is 19.9 Å². The van der Waals surface area contributed by atoms with Gasteiger partial charge in [-0.3, -0.25) is 0 Å². The van der Waals surface area contributed by atoms with Crippen molar-refractivity contribution >= 4 is 5.69 Å². The van der Waals surface area contributed by atoms with Crippen LogP contribution in [0.2, 0.25) is 0 Å². The molecule has 7 nitrogen and oxygen atoms in total. The Hall–Kier alpha value is -3.11. The molecule has 1 atom stereocenters. The summed E-state index contributed by atoms with van der Waals surface area (Å²) in [6.07, 6.45) is -5.16. The number of aliphatic hydroxyl groups excluding tert-OH is 1. The fourth-order valence-electron chi connectivity index (χ4n) is 2.94. The Morgan fingerprint density at radius 2 is 1.79 bits per heavy atom. The van der Waals surface area contributed by atoms with E-state index in [1.54, 1.807) is 24.3 Å². The van der Waals surface area contributed by atoms with Crippen LogP contribution in [0.15, 0.2) is 48.5 Å². The summed E-state index contributed by atoms with van der Waals surface area (Å²) in [6, 6.07) is 12.0. The zero-order valence-electron chi connectivity index (χ0n) is 18.8. The highest BCUT2D eigenvalue weighted by molar-refractivity contribution is 5.60. The average Bonchev–Trinajstić information content (AvgIpc) is 3.20. The average molecular weight is 464 g/mol. The maximum absolute atomic E-state index is 13.2. The zero-order chi connectivity index (χ0) is 24.2. The number of anilines is 1. The fraction of sp³-hybridized carbons (Fsp3) is 0.391. The third-order valence-corrected chi connectivity index (χ3v) is 4.58. The van der Waals surface area contributed by atoms with Gasteiger partial charge in [0.1, 0.15) is 0 Å². The summed E-state index contributed by atoms with van der Waals surface area (Å²) in [5.74, 6) is 0.216. The van der Waals surface area contributed by atoms with Crippen LogP contribution in [0.3, 0.4) is 0 Å². The molecule has 2 aromatic carbocycles. The van der Waals surface area contributed by atoms with Crippen LogP contribution in [0.5, 0.6) is 6.01 Å². The molecule has 0 aliphatic rings. The summed E-state index contributed by atoms with van der Waals surface area (Å²) in [7, 11) is 1.39. The molecule has 3 aromatic rings. The van der Waals surface area contributed by atoms with Crippen molar-refractivity contribution in [2.24, 2.45) is 0 Å². The molecule has 0 bridgehead atoms. The number of rotatable bonds is 8. The van der Waals surface area contributed by atoms with E-state index in [2.05, 4.69) is 15.4 Å². The number of alkyl halides is 3.